The highest BCUT2D eigenvalue weighted by atomic mass is 16.1. The number of pyridine rings is 1. The van der Waals surface area contributed by atoms with Crippen LogP contribution in [-0.2, 0) is 0 Å². The minimum Gasteiger partial charge on any atom is -0.349 e. The summed E-state index contributed by atoms with van der Waals surface area (Å²) in [5.41, 5.74) is 7.18. The lowest BCUT2D eigenvalue weighted by Gasteiger charge is -2.31. The van der Waals surface area contributed by atoms with Gasteiger partial charge in [0.1, 0.15) is 0 Å². The van der Waals surface area contributed by atoms with E-state index in [1.54, 1.807) is 6.20 Å². The number of aromatic nitrogens is 1. The Morgan fingerprint density at radius 1 is 1.33 bits per heavy atom. The molecule has 1 aromatic carbocycles. The van der Waals surface area contributed by atoms with E-state index in [2.05, 4.69) is 31.1 Å². The molecule has 0 aliphatic heterocycles. The van der Waals surface area contributed by atoms with Crippen molar-refractivity contribution in [2.75, 3.05) is 6.54 Å². The quantitative estimate of drug-likeness (QED) is 0.907. The van der Waals surface area contributed by atoms with Crippen molar-refractivity contribution in [3.63, 3.8) is 0 Å². The maximum absolute atomic E-state index is 12.4. The number of carbonyl (C=O) groups excluding carboxylic acids is 1. The minimum absolute atomic E-state index is 0.0204. The van der Waals surface area contributed by atoms with E-state index < -0.39 is 0 Å². The molecule has 0 radical (unpaired) electrons. The zero-order chi connectivity index (χ0) is 15.5. The van der Waals surface area contributed by atoms with Crippen LogP contribution in [-0.4, -0.2) is 23.5 Å². The van der Waals surface area contributed by atoms with Crippen LogP contribution in [0.3, 0.4) is 0 Å². The molecule has 3 N–H and O–H groups in total. The molecule has 4 heteroatoms. The van der Waals surface area contributed by atoms with Gasteiger partial charge in [0.2, 0.25) is 0 Å². The van der Waals surface area contributed by atoms with Crippen molar-refractivity contribution in [3.8, 4) is 0 Å². The Balaban J connectivity index is 2.21. The molecule has 1 atom stereocenters. The molecule has 0 aliphatic carbocycles. The zero-order valence-corrected chi connectivity index (χ0v) is 12.9. The van der Waals surface area contributed by atoms with Crippen LogP contribution in [0, 0.1) is 5.41 Å². The van der Waals surface area contributed by atoms with Crippen LogP contribution in [0.1, 0.15) is 37.6 Å². The molecule has 0 saturated carbocycles. The van der Waals surface area contributed by atoms with E-state index in [1.165, 1.54) is 0 Å². The molecule has 21 heavy (non-hydrogen) atoms. The Morgan fingerprint density at radius 2 is 2.10 bits per heavy atom. The average molecular weight is 285 g/mol. The van der Waals surface area contributed by atoms with Crippen LogP contribution in [0.25, 0.3) is 10.9 Å². The summed E-state index contributed by atoms with van der Waals surface area (Å²) >= 11 is 0. The number of amides is 1. The number of hydrogen-bond donors (Lipinski definition) is 2. The molecule has 2 aromatic rings. The predicted octanol–water partition coefficient (Wildman–Crippen LogP) is 2.73. The summed E-state index contributed by atoms with van der Waals surface area (Å²) in [4.78, 5) is 16.7. The SMILES string of the molecule is CC(C)(C)C(CCN)NC(=O)c1ccc2ncccc2c1. The van der Waals surface area contributed by atoms with Gasteiger partial charge in [0.15, 0.2) is 0 Å². The molecule has 0 saturated heterocycles. The Kier molecular flexibility index (Phi) is 4.58. The highest BCUT2D eigenvalue weighted by molar-refractivity contribution is 5.98. The topological polar surface area (TPSA) is 68.0 Å². The van der Waals surface area contributed by atoms with Crippen molar-refractivity contribution in [3.05, 3.63) is 42.1 Å². The maximum Gasteiger partial charge on any atom is 0.251 e. The highest BCUT2D eigenvalue weighted by Gasteiger charge is 2.25. The van der Waals surface area contributed by atoms with Gasteiger partial charge in [-0.05, 0) is 42.6 Å². The number of carbonyl (C=O) groups is 1. The fourth-order valence-corrected chi connectivity index (χ4v) is 2.35. The molecular weight excluding hydrogens is 262 g/mol. The van der Waals surface area contributed by atoms with Gasteiger partial charge in [0, 0.05) is 23.2 Å². The van der Waals surface area contributed by atoms with Gasteiger partial charge in [-0.1, -0.05) is 26.8 Å². The lowest BCUT2D eigenvalue weighted by Crippen LogP contribution is -2.44. The van der Waals surface area contributed by atoms with Crippen molar-refractivity contribution >= 4 is 16.8 Å². The summed E-state index contributed by atoms with van der Waals surface area (Å²) in [6.07, 6.45) is 2.52. The number of fused-ring (bicyclic) bond motifs is 1. The molecule has 2 rings (SSSR count). The van der Waals surface area contributed by atoms with Crippen LogP contribution in [0.4, 0.5) is 0 Å². The molecule has 0 aliphatic rings. The summed E-state index contributed by atoms with van der Waals surface area (Å²) < 4.78 is 0. The van der Waals surface area contributed by atoms with Gasteiger partial charge in [0.25, 0.3) is 5.91 Å². The monoisotopic (exact) mass is 285 g/mol. The molecule has 0 fully saturated rings. The number of benzene rings is 1. The second kappa shape index (κ2) is 6.22. The first-order chi connectivity index (χ1) is 9.91. The minimum atomic E-state index is -0.0610. The zero-order valence-electron chi connectivity index (χ0n) is 12.9. The van der Waals surface area contributed by atoms with E-state index in [9.17, 15) is 4.79 Å². The second-order valence-corrected chi connectivity index (χ2v) is 6.38. The van der Waals surface area contributed by atoms with Gasteiger partial charge in [-0.25, -0.2) is 0 Å². The van der Waals surface area contributed by atoms with Gasteiger partial charge in [-0.3, -0.25) is 9.78 Å². The smallest absolute Gasteiger partial charge is 0.251 e. The van der Waals surface area contributed by atoms with Crippen LogP contribution >= 0.6 is 0 Å². The number of hydrogen-bond acceptors (Lipinski definition) is 3. The summed E-state index contributed by atoms with van der Waals surface area (Å²) in [5, 5.41) is 4.07. The van der Waals surface area contributed by atoms with Gasteiger partial charge in [0.05, 0.1) is 5.52 Å². The number of rotatable bonds is 4. The largest absolute Gasteiger partial charge is 0.349 e. The van der Waals surface area contributed by atoms with Gasteiger partial charge >= 0.3 is 0 Å². The summed E-state index contributed by atoms with van der Waals surface area (Å²) in [7, 11) is 0. The van der Waals surface area contributed by atoms with Crippen molar-refractivity contribution in [1.29, 1.82) is 0 Å². The van der Waals surface area contributed by atoms with Crippen molar-refractivity contribution < 1.29 is 4.79 Å². The lowest BCUT2D eigenvalue weighted by atomic mass is 9.84. The number of nitrogens with one attached hydrogen (secondary N) is 1. The summed E-state index contributed by atoms with van der Waals surface area (Å²) in [6.45, 7) is 6.89. The van der Waals surface area contributed by atoms with E-state index >= 15 is 0 Å². The van der Waals surface area contributed by atoms with Crippen LogP contribution in [0.2, 0.25) is 0 Å². The first kappa shape index (κ1) is 15.4. The van der Waals surface area contributed by atoms with Gasteiger partial charge in [-0.2, -0.15) is 0 Å². The summed E-state index contributed by atoms with van der Waals surface area (Å²) in [6, 6.07) is 9.45. The highest BCUT2D eigenvalue weighted by Crippen LogP contribution is 2.22. The third-order valence-electron chi connectivity index (χ3n) is 3.67. The van der Waals surface area contributed by atoms with Crippen molar-refractivity contribution in [2.45, 2.75) is 33.2 Å². The first-order valence-electron chi connectivity index (χ1n) is 7.27. The number of nitrogens with zero attached hydrogens (tertiary/aromatic N) is 1. The molecule has 0 bridgehead atoms. The lowest BCUT2D eigenvalue weighted by molar-refractivity contribution is 0.0899. The molecule has 1 heterocycles. The second-order valence-electron chi connectivity index (χ2n) is 6.38. The van der Waals surface area contributed by atoms with Crippen LogP contribution < -0.4 is 11.1 Å². The van der Waals surface area contributed by atoms with Crippen molar-refractivity contribution in [1.82, 2.24) is 10.3 Å². The van der Waals surface area contributed by atoms with Crippen LogP contribution in [0.15, 0.2) is 36.5 Å². The molecule has 0 spiro atoms. The normalized spacial score (nSPS) is 13.1. The first-order valence-corrected chi connectivity index (χ1v) is 7.27. The van der Waals surface area contributed by atoms with E-state index in [0.717, 1.165) is 17.3 Å². The average Bonchev–Trinajstić information content (AvgIpc) is 2.45. The van der Waals surface area contributed by atoms with Gasteiger partial charge in [-0.15, -0.1) is 0 Å². The van der Waals surface area contributed by atoms with Crippen LogP contribution in [0.5, 0.6) is 0 Å². The Labute approximate surface area is 125 Å². The molecule has 4 nitrogen and oxygen atoms in total. The molecule has 1 unspecified atom stereocenters. The fourth-order valence-electron chi connectivity index (χ4n) is 2.35. The third-order valence-corrected chi connectivity index (χ3v) is 3.67. The maximum atomic E-state index is 12.4. The third kappa shape index (κ3) is 3.79. The predicted molar refractivity (Wildman–Crippen MR) is 86.1 cm³/mol. The van der Waals surface area contributed by atoms with E-state index in [1.807, 2.05) is 30.3 Å². The molecule has 1 amide bonds. The van der Waals surface area contributed by atoms with E-state index in [-0.39, 0.29) is 17.4 Å². The molecule has 112 valence electrons. The van der Waals surface area contributed by atoms with Crippen molar-refractivity contribution in [2.24, 2.45) is 11.1 Å². The van der Waals surface area contributed by atoms with Gasteiger partial charge < -0.3 is 11.1 Å². The van der Waals surface area contributed by atoms with E-state index in [4.69, 9.17) is 5.73 Å². The number of nitrogens with two attached hydrogens (primary N) is 1. The van der Waals surface area contributed by atoms with E-state index in [0.29, 0.717) is 12.1 Å². The Bertz CT molecular complexity index is 631. The Hall–Kier alpha value is -1.94. The standard InChI is InChI=1S/C17H23N3O/c1-17(2,3)15(8-9-18)20-16(21)13-6-7-14-12(11-13)5-4-10-19-14/h4-7,10-11,15H,8-9,18H2,1-3H3,(H,20,21). The fraction of sp³-hybridized carbons (Fsp3) is 0.412. The Morgan fingerprint density at radius 3 is 2.76 bits per heavy atom. The summed E-state index contributed by atoms with van der Waals surface area (Å²) in [5.74, 6) is -0.0610. The molecule has 1 aromatic heterocycles. The molecular formula is C17H23N3O.